The number of carbonyl (C=O) groups excluding carboxylic acids is 1. The van der Waals surface area contributed by atoms with Gasteiger partial charge in [0, 0.05) is 31.7 Å². The first-order valence-corrected chi connectivity index (χ1v) is 14.1. The molecular weight excluding hydrogens is 558 g/mol. The molecule has 11 heteroatoms. The topological polar surface area (TPSA) is 120 Å². The number of rotatable bonds is 14. The molecule has 0 aliphatic carbocycles. The van der Waals surface area contributed by atoms with Crippen molar-refractivity contribution in [3.8, 4) is 11.5 Å². The maximum Gasteiger partial charge on any atom is 0.407 e. The largest absolute Gasteiger partial charge is 0.497 e. The van der Waals surface area contributed by atoms with Gasteiger partial charge < -0.3 is 40.2 Å². The Balaban J connectivity index is 1.72. The van der Waals surface area contributed by atoms with Gasteiger partial charge in [-0.05, 0) is 63.1 Å². The predicted molar refractivity (Wildman–Crippen MR) is 168 cm³/mol. The van der Waals surface area contributed by atoms with Gasteiger partial charge in [0.25, 0.3) is 0 Å². The van der Waals surface area contributed by atoms with E-state index in [0.717, 1.165) is 28.2 Å². The van der Waals surface area contributed by atoms with Gasteiger partial charge in [-0.3, -0.25) is 0 Å². The van der Waals surface area contributed by atoms with Crippen LogP contribution in [-0.4, -0.2) is 57.2 Å². The lowest BCUT2D eigenvalue weighted by Crippen LogP contribution is -2.34. The summed E-state index contributed by atoms with van der Waals surface area (Å²) >= 11 is 6.63. The molecule has 0 aliphatic rings. The summed E-state index contributed by atoms with van der Waals surface area (Å²) in [6.07, 6.45) is -0.472. The monoisotopic (exact) mass is 599 g/mol. The molecule has 0 aliphatic heterocycles. The summed E-state index contributed by atoms with van der Waals surface area (Å²) in [6, 6.07) is 15.8. The van der Waals surface area contributed by atoms with Crippen molar-refractivity contribution in [3.63, 3.8) is 0 Å². The van der Waals surface area contributed by atoms with E-state index >= 15 is 0 Å². The molecule has 42 heavy (non-hydrogen) atoms. The fraction of sp³-hybridized carbons (Fsp3) is 0.419. The fourth-order valence-corrected chi connectivity index (χ4v) is 4.30. The minimum Gasteiger partial charge on any atom is -0.497 e. The fourth-order valence-electron chi connectivity index (χ4n) is 4.12. The van der Waals surface area contributed by atoms with Crippen molar-refractivity contribution >= 4 is 34.9 Å². The zero-order valence-electron chi connectivity index (χ0n) is 25.3. The zero-order chi connectivity index (χ0) is 30.7. The summed E-state index contributed by atoms with van der Waals surface area (Å²) in [7, 11) is 3.29. The van der Waals surface area contributed by atoms with Gasteiger partial charge in [0.05, 0.1) is 38.8 Å². The molecule has 4 N–H and O–H groups in total. The van der Waals surface area contributed by atoms with E-state index in [9.17, 15) is 4.79 Å². The Kier molecular flexibility index (Phi) is 11.9. The summed E-state index contributed by atoms with van der Waals surface area (Å²) in [5.41, 5.74) is 10.2. The van der Waals surface area contributed by atoms with Gasteiger partial charge in [0.2, 0.25) is 0 Å². The summed E-state index contributed by atoms with van der Waals surface area (Å²) in [4.78, 5) is 18.6. The highest BCUT2D eigenvalue weighted by Crippen LogP contribution is 2.37. The Morgan fingerprint density at radius 2 is 1.45 bits per heavy atom. The van der Waals surface area contributed by atoms with Crippen LogP contribution < -0.4 is 30.7 Å². The summed E-state index contributed by atoms with van der Waals surface area (Å²) in [5.74, 6) is 2.14. The molecule has 1 amide bonds. The summed E-state index contributed by atoms with van der Waals surface area (Å²) in [6.45, 7) is 9.96. The summed E-state index contributed by atoms with van der Waals surface area (Å²) < 4.78 is 21.5. The molecule has 3 aromatic rings. The molecule has 1 aromatic heterocycles. The van der Waals surface area contributed by atoms with Crippen molar-refractivity contribution in [2.75, 3.05) is 56.5 Å². The second-order valence-electron chi connectivity index (χ2n) is 10.7. The first kappa shape index (κ1) is 32.6. The molecule has 0 saturated heterocycles. The molecule has 0 bridgehead atoms. The van der Waals surface area contributed by atoms with Gasteiger partial charge in [-0.25, -0.2) is 9.78 Å². The Hall–Kier alpha value is -3.89. The normalized spacial score (nSPS) is 11.1. The van der Waals surface area contributed by atoms with Crippen LogP contribution in [0.15, 0.2) is 48.5 Å². The lowest BCUT2D eigenvalue weighted by Gasteiger charge is -2.28. The van der Waals surface area contributed by atoms with Gasteiger partial charge in [-0.15, -0.1) is 0 Å². The number of nitrogens with two attached hydrogens (primary N) is 1. The SMILES string of the molecule is COc1ccc(CN(Cc2ccc(OC)cc2)c2nc(Cl)c(C)c(NCCOCCNC(=O)OC(C)(C)C)c2N)cc1. The smallest absolute Gasteiger partial charge is 0.407 e. The number of amides is 1. The van der Waals surface area contributed by atoms with E-state index < -0.39 is 11.7 Å². The van der Waals surface area contributed by atoms with Crippen LogP contribution in [0.25, 0.3) is 0 Å². The maximum atomic E-state index is 11.8. The Morgan fingerprint density at radius 3 is 1.95 bits per heavy atom. The highest BCUT2D eigenvalue weighted by Gasteiger charge is 2.20. The third-order valence-electron chi connectivity index (χ3n) is 6.23. The minimum atomic E-state index is -0.545. The van der Waals surface area contributed by atoms with Crippen molar-refractivity contribution < 1.29 is 23.7 Å². The number of hydrogen-bond donors (Lipinski definition) is 3. The second kappa shape index (κ2) is 15.4. The third-order valence-corrected chi connectivity index (χ3v) is 6.59. The highest BCUT2D eigenvalue weighted by molar-refractivity contribution is 6.31. The number of anilines is 3. The van der Waals surface area contributed by atoms with Crippen LogP contribution in [0.1, 0.15) is 37.5 Å². The average molecular weight is 600 g/mol. The van der Waals surface area contributed by atoms with E-state index in [4.69, 9.17) is 41.3 Å². The highest BCUT2D eigenvalue weighted by atomic mass is 35.5. The molecule has 228 valence electrons. The summed E-state index contributed by atoms with van der Waals surface area (Å²) in [5, 5.41) is 6.39. The van der Waals surface area contributed by atoms with E-state index in [1.54, 1.807) is 14.2 Å². The van der Waals surface area contributed by atoms with Crippen LogP contribution in [0.3, 0.4) is 0 Å². The van der Waals surface area contributed by atoms with Crippen molar-refractivity contribution in [3.05, 3.63) is 70.4 Å². The van der Waals surface area contributed by atoms with Gasteiger partial charge in [-0.2, -0.15) is 0 Å². The average Bonchev–Trinajstić information content (AvgIpc) is 2.95. The van der Waals surface area contributed by atoms with Gasteiger partial charge in [-0.1, -0.05) is 35.9 Å². The number of nitrogens with zero attached hydrogens (tertiary/aromatic N) is 2. The Morgan fingerprint density at radius 1 is 0.929 bits per heavy atom. The number of ether oxygens (including phenoxy) is 4. The molecule has 0 fully saturated rings. The second-order valence-corrected chi connectivity index (χ2v) is 11.0. The Labute approximate surface area is 253 Å². The van der Waals surface area contributed by atoms with Crippen LogP contribution in [-0.2, 0) is 22.6 Å². The maximum absolute atomic E-state index is 11.8. The van der Waals surface area contributed by atoms with Crippen LogP contribution in [0.2, 0.25) is 5.15 Å². The van der Waals surface area contributed by atoms with E-state index in [2.05, 4.69) is 15.5 Å². The lowest BCUT2D eigenvalue weighted by molar-refractivity contribution is 0.0502. The number of aromatic nitrogens is 1. The Bertz CT molecular complexity index is 1250. The van der Waals surface area contributed by atoms with Gasteiger partial charge >= 0.3 is 6.09 Å². The number of carbonyl (C=O) groups is 1. The predicted octanol–water partition coefficient (Wildman–Crippen LogP) is 5.80. The van der Waals surface area contributed by atoms with Crippen molar-refractivity contribution in [1.82, 2.24) is 10.3 Å². The lowest BCUT2D eigenvalue weighted by atomic mass is 10.1. The van der Waals surface area contributed by atoms with Crippen LogP contribution >= 0.6 is 11.6 Å². The molecule has 3 rings (SSSR count). The van der Waals surface area contributed by atoms with Gasteiger partial charge in [0.1, 0.15) is 22.3 Å². The number of nitrogens with one attached hydrogen (secondary N) is 2. The number of nitrogen functional groups attached to an aromatic ring is 1. The number of hydrogen-bond acceptors (Lipinski definition) is 9. The number of benzene rings is 2. The molecule has 2 aromatic carbocycles. The van der Waals surface area contributed by atoms with E-state index in [-0.39, 0.29) is 0 Å². The van der Waals surface area contributed by atoms with Gasteiger partial charge in [0.15, 0.2) is 5.82 Å². The molecule has 0 unspecified atom stereocenters. The number of halogens is 1. The quantitative estimate of drug-likeness (QED) is 0.156. The molecular formula is C31H42ClN5O5. The third kappa shape index (κ3) is 9.88. The first-order valence-electron chi connectivity index (χ1n) is 13.8. The van der Waals surface area contributed by atoms with Crippen molar-refractivity contribution in [1.29, 1.82) is 0 Å². The van der Waals surface area contributed by atoms with Crippen molar-refractivity contribution in [2.24, 2.45) is 0 Å². The molecule has 0 radical (unpaired) electrons. The molecule has 0 atom stereocenters. The van der Waals surface area contributed by atoms with E-state index in [1.165, 1.54) is 0 Å². The van der Waals surface area contributed by atoms with Crippen LogP contribution in [0.4, 0.5) is 22.0 Å². The molecule has 10 nitrogen and oxygen atoms in total. The number of alkyl carbamates (subject to hydrolysis) is 1. The number of methoxy groups -OCH3 is 2. The molecule has 0 spiro atoms. The standard InChI is InChI=1S/C31H42ClN5O5/c1-21-27(34-15-17-41-18-16-35-30(38)42-31(2,3)4)26(33)29(36-28(21)32)37(19-22-7-11-24(39-5)12-8-22)20-23-9-13-25(40-6)14-10-23/h7-14H,15-20,33H2,1-6H3,(H,34,36)(H,35,38). The zero-order valence-corrected chi connectivity index (χ0v) is 26.0. The number of pyridine rings is 1. The molecule has 0 saturated carbocycles. The van der Waals surface area contributed by atoms with Crippen LogP contribution in [0, 0.1) is 6.92 Å². The van der Waals surface area contributed by atoms with E-state index in [0.29, 0.717) is 61.7 Å². The minimum absolute atomic E-state index is 0.340. The van der Waals surface area contributed by atoms with Crippen molar-refractivity contribution in [2.45, 2.75) is 46.4 Å². The van der Waals surface area contributed by atoms with Crippen LogP contribution in [0.5, 0.6) is 11.5 Å². The molecule has 1 heterocycles. The first-order chi connectivity index (χ1) is 20.0. The van der Waals surface area contributed by atoms with E-state index in [1.807, 2.05) is 76.2 Å².